The molecule has 1 aromatic rings. The molecule has 0 atom stereocenters. The van der Waals surface area contributed by atoms with Gasteiger partial charge >= 0.3 is 6.18 Å². The Hall–Kier alpha value is -0.420. The van der Waals surface area contributed by atoms with Gasteiger partial charge in [-0.15, -0.1) is 11.6 Å². The zero-order valence-corrected chi connectivity index (χ0v) is 10.0. The van der Waals surface area contributed by atoms with Crippen molar-refractivity contribution in [1.29, 1.82) is 0 Å². The first-order valence-electron chi connectivity index (χ1n) is 3.89. The Morgan fingerprint density at radius 3 is 2.40 bits per heavy atom. The van der Waals surface area contributed by atoms with E-state index in [1.54, 1.807) is 0 Å². The van der Waals surface area contributed by atoms with Gasteiger partial charge in [0.1, 0.15) is 5.75 Å². The van der Waals surface area contributed by atoms with Gasteiger partial charge in [0, 0.05) is 5.56 Å². The molecule has 0 unspecified atom stereocenters. The third-order valence-corrected chi connectivity index (χ3v) is 2.67. The summed E-state index contributed by atoms with van der Waals surface area (Å²) < 4.78 is 42.4. The normalized spacial score (nSPS) is 11.6. The standard InChI is InChI=1S/C9H7BrClF3O/c1-15-8-5(4-11)2-6(3-7(8)10)9(12,13)14/h2-3H,4H2,1H3. The van der Waals surface area contributed by atoms with Gasteiger partial charge in [-0.25, -0.2) is 0 Å². The molecule has 84 valence electrons. The molecule has 1 nitrogen and oxygen atoms in total. The van der Waals surface area contributed by atoms with Gasteiger partial charge in [0.2, 0.25) is 0 Å². The Morgan fingerprint density at radius 1 is 1.40 bits per heavy atom. The van der Waals surface area contributed by atoms with Crippen LogP contribution in [0.5, 0.6) is 5.75 Å². The van der Waals surface area contributed by atoms with E-state index in [9.17, 15) is 13.2 Å². The largest absolute Gasteiger partial charge is 0.495 e. The minimum Gasteiger partial charge on any atom is -0.495 e. The number of alkyl halides is 4. The molecule has 0 radical (unpaired) electrons. The van der Waals surface area contributed by atoms with Crippen LogP contribution < -0.4 is 4.74 Å². The zero-order valence-electron chi connectivity index (χ0n) is 7.66. The molecule has 0 amide bonds. The van der Waals surface area contributed by atoms with Crippen molar-refractivity contribution in [3.05, 3.63) is 27.7 Å². The van der Waals surface area contributed by atoms with Gasteiger partial charge in [0.15, 0.2) is 0 Å². The fourth-order valence-electron chi connectivity index (χ4n) is 1.14. The van der Waals surface area contributed by atoms with Crippen LogP contribution in [0.25, 0.3) is 0 Å². The molecule has 0 saturated carbocycles. The van der Waals surface area contributed by atoms with Crippen molar-refractivity contribution in [3.8, 4) is 5.75 Å². The second kappa shape index (κ2) is 4.61. The van der Waals surface area contributed by atoms with Crippen LogP contribution in [-0.4, -0.2) is 7.11 Å². The third-order valence-electron chi connectivity index (χ3n) is 1.80. The summed E-state index contributed by atoms with van der Waals surface area (Å²) in [5.74, 6) is 0.295. The highest BCUT2D eigenvalue weighted by Gasteiger charge is 2.32. The fourth-order valence-corrected chi connectivity index (χ4v) is 2.00. The number of rotatable bonds is 2. The van der Waals surface area contributed by atoms with E-state index in [0.717, 1.165) is 12.1 Å². The van der Waals surface area contributed by atoms with Gasteiger partial charge in [-0.05, 0) is 28.1 Å². The van der Waals surface area contributed by atoms with E-state index >= 15 is 0 Å². The first kappa shape index (κ1) is 12.6. The minimum atomic E-state index is -4.38. The molecule has 6 heteroatoms. The lowest BCUT2D eigenvalue weighted by atomic mass is 10.1. The summed E-state index contributed by atoms with van der Waals surface area (Å²) in [4.78, 5) is 0. The van der Waals surface area contributed by atoms with Crippen molar-refractivity contribution in [2.45, 2.75) is 12.1 Å². The topological polar surface area (TPSA) is 9.23 Å². The molecule has 0 aliphatic heterocycles. The molecule has 0 heterocycles. The summed E-state index contributed by atoms with van der Waals surface area (Å²) in [5, 5.41) is 0. The van der Waals surface area contributed by atoms with Gasteiger partial charge in [0.25, 0.3) is 0 Å². The average molecular weight is 304 g/mol. The highest BCUT2D eigenvalue weighted by Crippen LogP contribution is 2.38. The molecule has 0 aliphatic carbocycles. The molecule has 0 aliphatic rings. The first-order chi connectivity index (χ1) is 6.90. The van der Waals surface area contributed by atoms with E-state index in [4.69, 9.17) is 16.3 Å². The molecule has 1 aromatic carbocycles. The number of benzene rings is 1. The Labute approximate surface area is 98.3 Å². The molecule has 0 bridgehead atoms. The van der Waals surface area contributed by atoms with Crippen molar-refractivity contribution < 1.29 is 17.9 Å². The SMILES string of the molecule is COc1c(Br)cc(C(F)(F)F)cc1CCl. The van der Waals surface area contributed by atoms with Gasteiger partial charge in [-0.3, -0.25) is 0 Å². The first-order valence-corrected chi connectivity index (χ1v) is 5.22. The molecule has 15 heavy (non-hydrogen) atoms. The Kier molecular flexibility index (Phi) is 3.89. The quantitative estimate of drug-likeness (QED) is 0.744. The maximum Gasteiger partial charge on any atom is 0.416 e. The van der Waals surface area contributed by atoms with Crippen LogP contribution in [0, 0.1) is 0 Å². The molecule has 0 fully saturated rings. The number of halogens is 5. The minimum absolute atomic E-state index is 0.0360. The second-order valence-electron chi connectivity index (χ2n) is 2.78. The second-order valence-corrected chi connectivity index (χ2v) is 3.90. The summed E-state index contributed by atoms with van der Waals surface area (Å²) in [6, 6.07) is 1.95. The van der Waals surface area contributed by atoms with E-state index in [2.05, 4.69) is 15.9 Å². The molecule has 1 rings (SSSR count). The predicted molar refractivity (Wildman–Crippen MR) is 55.3 cm³/mol. The monoisotopic (exact) mass is 302 g/mol. The van der Waals surface area contributed by atoms with Crippen LogP contribution in [0.4, 0.5) is 13.2 Å². The van der Waals surface area contributed by atoms with Gasteiger partial charge in [0.05, 0.1) is 23.0 Å². The lowest BCUT2D eigenvalue weighted by Crippen LogP contribution is -2.06. The van der Waals surface area contributed by atoms with Crippen molar-refractivity contribution >= 4 is 27.5 Å². The fraction of sp³-hybridized carbons (Fsp3) is 0.333. The van der Waals surface area contributed by atoms with Crippen LogP contribution in [-0.2, 0) is 12.1 Å². The van der Waals surface area contributed by atoms with Gasteiger partial charge < -0.3 is 4.74 Å². The average Bonchev–Trinajstić information content (AvgIpc) is 2.15. The maximum absolute atomic E-state index is 12.4. The van der Waals surface area contributed by atoms with Crippen LogP contribution in [0.15, 0.2) is 16.6 Å². The van der Waals surface area contributed by atoms with Gasteiger partial charge in [-0.2, -0.15) is 13.2 Å². The van der Waals surface area contributed by atoms with E-state index in [1.165, 1.54) is 7.11 Å². The highest BCUT2D eigenvalue weighted by molar-refractivity contribution is 9.10. The van der Waals surface area contributed by atoms with Gasteiger partial charge in [-0.1, -0.05) is 0 Å². The zero-order chi connectivity index (χ0) is 11.6. The van der Waals surface area contributed by atoms with E-state index in [0.29, 0.717) is 11.3 Å². The molecule has 0 saturated heterocycles. The maximum atomic E-state index is 12.4. The van der Waals surface area contributed by atoms with Crippen LogP contribution >= 0.6 is 27.5 Å². The Bertz CT molecular complexity index is 365. The summed E-state index contributed by atoms with van der Waals surface area (Å²) in [6.07, 6.45) is -4.38. The predicted octanol–water partition coefficient (Wildman–Crippen LogP) is 4.22. The van der Waals surface area contributed by atoms with E-state index < -0.39 is 11.7 Å². The molecular formula is C9H7BrClF3O. The summed E-state index contributed by atoms with van der Waals surface area (Å²) in [6.45, 7) is 0. The molecule has 0 aromatic heterocycles. The van der Waals surface area contributed by atoms with Crippen molar-refractivity contribution in [3.63, 3.8) is 0 Å². The van der Waals surface area contributed by atoms with E-state index in [-0.39, 0.29) is 10.4 Å². The molecule has 0 spiro atoms. The molecular weight excluding hydrogens is 296 g/mol. The summed E-state index contributed by atoms with van der Waals surface area (Å²) in [7, 11) is 1.38. The number of hydrogen-bond acceptors (Lipinski definition) is 1. The van der Waals surface area contributed by atoms with Crippen LogP contribution in [0.2, 0.25) is 0 Å². The lowest BCUT2D eigenvalue weighted by Gasteiger charge is -2.13. The van der Waals surface area contributed by atoms with Crippen molar-refractivity contribution in [2.24, 2.45) is 0 Å². The lowest BCUT2D eigenvalue weighted by molar-refractivity contribution is -0.137. The van der Waals surface area contributed by atoms with Crippen molar-refractivity contribution in [1.82, 2.24) is 0 Å². The van der Waals surface area contributed by atoms with E-state index in [1.807, 2.05) is 0 Å². The third kappa shape index (κ3) is 2.78. The number of hydrogen-bond donors (Lipinski definition) is 0. The number of methoxy groups -OCH3 is 1. The molecule has 0 N–H and O–H groups in total. The number of ether oxygens (including phenoxy) is 1. The summed E-state index contributed by atoms with van der Waals surface area (Å²) in [5.41, 5.74) is -0.438. The Balaban J connectivity index is 3.32. The summed E-state index contributed by atoms with van der Waals surface area (Å²) >= 11 is 8.54. The van der Waals surface area contributed by atoms with Crippen LogP contribution in [0.3, 0.4) is 0 Å². The smallest absolute Gasteiger partial charge is 0.416 e. The van der Waals surface area contributed by atoms with Crippen molar-refractivity contribution in [2.75, 3.05) is 7.11 Å². The highest BCUT2D eigenvalue weighted by atomic mass is 79.9. The van der Waals surface area contributed by atoms with Crippen LogP contribution in [0.1, 0.15) is 11.1 Å². The Morgan fingerprint density at radius 2 is 2.00 bits per heavy atom.